The molecule has 0 spiro atoms. The molecular formula is C26H25N4O2+. The van der Waals surface area contributed by atoms with E-state index in [1.807, 2.05) is 96.0 Å². The van der Waals surface area contributed by atoms with E-state index in [1.54, 1.807) is 0 Å². The number of carbonyl (C=O) groups excluding carboxylic acids is 1. The minimum absolute atomic E-state index is 0.0386. The summed E-state index contributed by atoms with van der Waals surface area (Å²) >= 11 is 0. The SMILES string of the molecule is O=C(C[n+]1cccc(-c2cn[nH]c2C(Oc2ccccc2)c2ccccc2)c1)NC1CC1. The largest absolute Gasteiger partial charge is 0.479 e. The highest BCUT2D eigenvalue weighted by Gasteiger charge is 2.26. The summed E-state index contributed by atoms with van der Waals surface area (Å²) in [7, 11) is 0. The number of aromatic amines is 1. The van der Waals surface area contributed by atoms with Crippen molar-refractivity contribution in [1.29, 1.82) is 0 Å². The summed E-state index contributed by atoms with van der Waals surface area (Å²) in [5.74, 6) is 0.818. The monoisotopic (exact) mass is 425 g/mol. The summed E-state index contributed by atoms with van der Waals surface area (Å²) in [4.78, 5) is 12.3. The molecule has 1 saturated carbocycles. The first kappa shape index (κ1) is 20.0. The van der Waals surface area contributed by atoms with Gasteiger partial charge in [0.05, 0.1) is 11.9 Å². The highest BCUT2D eigenvalue weighted by Crippen LogP contribution is 2.33. The topological polar surface area (TPSA) is 70.9 Å². The lowest BCUT2D eigenvalue weighted by Gasteiger charge is -2.20. The molecule has 32 heavy (non-hydrogen) atoms. The minimum Gasteiger partial charge on any atom is -0.479 e. The molecule has 2 heterocycles. The Balaban J connectivity index is 1.46. The molecule has 6 nitrogen and oxygen atoms in total. The van der Waals surface area contributed by atoms with E-state index >= 15 is 0 Å². The quantitative estimate of drug-likeness (QED) is 0.422. The van der Waals surface area contributed by atoms with E-state index in [0.717, 1.165) is 41.0 Å². The minimum atomic E-state index is -0.358. The first-order valence-corrected chi connectivity index (χ1v) is 10.8. The van der Waals surface area contributed by atoms with Crippen LogP contribution >= 0.6 is 0 Å². The second kappa shape index (κ2) is 9.06. The van der Waals surface area contributed by atoms with E-state index in [9.17, 15) is 4.79 Å². The van der Waals surface area contributed by atoms with Crippen molar-refractivity contribution in [3.63, 3.8) is 0 Å². The van der Waals surface area contributed by atoms with Crippen molar-refractivity contribution in [2.24, 2.45) is 0 Å². The predicted molar refractivity (Wildman–Crippen MR) is 121 cm³/mol. The zero-order chi connectivity index (χ0) is 21.8. The predicted octanol–water partition coefficient (Wildman–Crippen LogP) is 3.81. The number of nitrogens with one attached hydrogen (secondary N) is 2. The third-order valence-electron chi connectivity index (χ3n) is 5.47. The summed E-state index contributed by atoms with van der Waals surface area (Å²) < 4.78 is 8.31. The van der Waals surface area contributed by atoms with Crippen LogP contribution < -0.4 is 14.6 Å². The molecular weight excluding hydrogens is 400 g/mol. The van der Waals surface area contributed by atoms with Crippen LogP contribution in [0.3, 0.4) is 0 Å². The van der Waals surface area contributed by atoms with E-state index < -0.39 is 0 Å². The molecule has 2 N–H and O–H groups in total. The van der Waals surface area contributed by atoms with E-state index in [4.69, 9.17) is 4.74 Å². The number of ether oxygens (including phenoxy) is 1. The first-order chi connectivity index (χ1) is 15.8. The summed E-state index contributed by atoms with van der Waals surface area (Å²) in [6.07, 6.45) is 7.50. The molecule has 1 aliphatic carbocycles. The van der Waals surface area contributed by atoms with Gasteiger partial charge < -0.3 is 10.1 Å². The Hall–Kier alpha value is -3.93. The zero-order valence-electron chi connectivity index (χ0n) is 17.6. The van der Waals surface area contributed by atoms with Gasteiger partial charge >= 0.3 is 0 Å². The molecule has 2 aromatic heterocycles. The van der Waals surface area contributed by atoms with Gasteiger partial charge in [-0.25, -0.2) is 0 Å². The zero-order valence-corrected chi connectivity index (χ0v) is 17.6. The van der Waals surface area contributed by atoms with Crippen LogP contribution in [0.4, 0.5) is 0 Å². The number of rotatable bonds is 8. The highest BCUT2D eigenvalue weighted by molar-refractivity contribution is 5.75. The van der Waals surface area contributed by atoms with Gasteiger partial charge in [0.15, 0.2) is 18.5 Å². The summed E-state index contributed by atoms with van der Waals surface area (Å²) in [5.41, 5.74) is 3.79. The molecule has 1 fully saturated rings. The summed E-state index contributed by atoms with van der Waals surface area (Å²) in [6, 6.07) is 24.2. The Morgan fingerprint density at radius 3 is 2.56 bits per heavy atom. The third-order valence-corrected chi connectivity index (χ3v) is 5.47. The number of para-hydroxylation sites is 1. The van der Waals surface area contributed by atoms with Crippen molar-refractivity contribution in [3.05, 3.63) is 103 Å². The average molecular weight is 426 g/mol. The van der Waals surface area contributed by atoms with Crippen molar-refractivity contribution < 1.29 is 14.1 Å². The average Bonchev–Trinajstić information content (AvgIpc) is 3.50. The molecule has 1 unspecified atom stereocenters. The second-order valence-corrected chi connectivity index (χ2v) is 8.03. The molecule has 1 atom stereocenters. The normalized spacial score (nSPS) is 14.0. The number of benzene rings is 2. The molecule has 1 aliphatic rings. The van der Waals surface area contributed by atoms with Gasteiger partial charge in [-0.05, 0) is 36.6 Å². The lowest BCUT2D eigenvalue weighted by molar-refractivity contribution is -0.684. The molecule has 4 aromatic rings. The first-order valence-electron chi connectivity index (χ1n) is 10.8. The van der Waals surface area contributed by atoms with Crippen LogP contribution in [-0.2, 0) is 11.3 Å². The van der Waals surface area contributed by atoms with Crippen LogP contribution in [0.2, 0.25) is 0 Å². The number of hydrogen-bond donors (Lipinski definition) is 2. The molecule has 2 aromatic carbocycles. The second-order valence-electron chi connectivity index (χ2n) is 8.03. The summed E-state index contributed by atoms with van der Waals surface area (Å²) in [5, 5.41) is 10.5. The number of pyridine rings is 1. The van der Waals surface area contributed by atoms with Crippen LogP contribution in [0, 0.1) is 0 Å². The van der Waals surface area contributed by atoms with Crippen molar-refractivity contribution in [3.8, 4) is 16.9 Å². The lowest BCUT2D eigenvalue weighted by atomic mass is 10.00. The number of hydrogen-bond acceptors (Lipinski definition) is 3. The van der Waals surface area contributed by atoms with Crippen LogP contribution in [0.15, 0.2) is 91.4 Å². The molecule has 160 valence electrons. The van der Waals surface area contributed by atoms with Crippen molar-refractivity contribution in [1.82, 2.24) is 15.5 Å². The number of aromatic nitrogens is 3. The van der Waals surface area contributed by atoms with Gasteiger partial charge in [-0.1, -0.05) is 48.5 Å². The number of H-pyrrole nitrogens is 1. The van der Waals surface area contributed by atoms with Gasteiger partial charge in [-0.15, -0.1) is 0 Å². The molecule has 0 radical (unpaired) electrons. The third kappa shape index (κ3) is 4.70. The van der Waals surface area contributed by atoms with E-state index in [2.05, 4.69) is 15.5 Å². The van der Waals surface area contributed by atoms with Crippen LogP contribution in [-0.4, -0.2) is 22.1 Å². The summed E-state index contributed by atoms with van der Waals surface area (Å²) in [6.45, 7) is 0.292. The fourth-order valence-electron chi connectivity index (χ4n) is 3.73. The number of amides is 1. The van der Waals surface area contributed by atoms with E-state index in [0.29, 0.717) is 12.6 Å². The van der Waals surface area contributed by atoms with Gasteiger partial charge in [0.1, 0.15) is 5.75 Å². The van der Waals surface area contributed by atoms with Crippen LogP contribution in [0.5, 0.6) is 5.75 Å². The Bertz CT molecular complexity index is 1190. The fourth-order valence-corrected chi connectivity index (χ4v) is 3.73. The van der Waals surface area contributed by atoms with Gasteiger partial charge in [0.25, 0.3) is 5.91 Å². The van der Waals surface area contributed by atoms with Crippen molar-refractivity contribution >= 4 is 5.91 Å². The van der Waals surface area contributed by atoms with E-state index in [-0.39, 0.29) is 12.0 Å². The molecule has 0 saturated heterocycles. The molecule has 0 bridgehead atoms. The smallest absolute Gasteiger partial charge is 0.286 e. The van der Waals surface area contributed by atoms with Gasteiger partial charge in [-0.2, -0.15) is 9.67 Å². The Morgan fingerprint density at radius 1 is 1.06 bits per heavy atom. The standard InChI is InChI=1S/C26H24N4O2/c31-24(28-21-13-14-21)18-30-15-7-10-20(17-30)23-16-27-29-25(23)26(19-8-3-1-4-9-19)32-22-11-5-2-6-12-22/h1-12,15-17,21,26H,13-14,18H2,(H-,27,28,29,31)/p+1. The molecule has 5 rings (SSSR count). The fraction of sp³-hybridized carbons (Fsp3) is 0.192. The maximum Gasteiger partial charge on any atom is 0.286 e. The molecule has 1 amide bonds. The maximum atomic E-state index is 12.3. The van der Waals surface area contributed by atoms with Crippen molar-refractivity contribution in [2.45, 2.75) is 31.5 Å². The van der Waals surface area contributed by atoms with Crippen LogP contribution in [0.1, 0.15) is 30.2 Å². The van der Waals surface area contributed by atoms with E-state index in [1.165, 1.54) is 0 Å². The Morgan fingerprint density at radius 2 is 1.81 bits per heavy atom. The number of nitrogens with zero attached hydrogens (tertiary/aromatic N) is 2. The molecule has 0 aliphatic heterocycles. The van der Waals surface area contributed by atoms with Crippen LogP contribution in [0.25, 0.3) is 11.1 Å². The Labute approximate surface area is 186 Å². The van der Waals surface area contributed by atoms with Crippen molar-refractivity contribution in [2.75, 3.05) is 0 Å². The molecule has 6 heteroatoms. The van der Waals surface area contributed by atoms with Gasteiger partial charge in [0, 0.05) is 23.2 Å². The highest BCUT2D eigenvalue weighted by atomic mass is 16.5. The number of carbonyl (C=O) groups is 1. The maximum absolute atomic E-state index is 12.3. The van der Waals surface area contributed by atoms with Gasteiger partial charge in [-0.3, -0.25) is 9.89 Å². The van der Waals surface area contributed by atoms with Gasteiger partial charge in [0.2, 0.25) is 6.54 Å². The lowest BCUT2D eigenvalue weighted by Crippen LogP contribution is -2.43. The Kier molecular flexibility index (Phi) is 5.66.